The van der Waals surface area contributed by atoms with Crippen molar-refractivity contribution < 1.29 is 0 Å². The normalized spacial score (nSPS) is 15.4. The summed E-state index contributed by atoms with van der Waals surface area (Å²) in [7, 11) is 0. The van der Waals surface area contributed by atoms with Crippen LogP contribution in [-0.2, 0) is 5.41 Å². The third kappa shape index (κ3) is 1.24. The highest BCUT2D eigenvalue weighted by atomic mass is 14.7. The van der Waals surface area contributed by atoms with E-state index in [2.05, 4.69) is 63.2 Å². The van der Waals surface area contributed by atoms with Crippen molar-refractivity contribution in [2.45, 2.75) is 26.2 Å². The average molecular weight is 283 g/mol. The Balaban J connectivity index is 2.23. The van der Waals surface area contributed by atoms with E-state index in [4.69, 9.17) is 4.98 Å². The summed E-state index contributed by atoms with van der Waals surface area (Å²) < 4.78 is 0. The van der Waals surface area contributed by atoms with Gasteiger partial charge in [0.25, 0.3) is 0 Å². The molecule has 0 bridgehead atoms. The number of pyridine rings is 1. The predicted molar refractivity (Wildman–Crippen MR) is 93.6 cm³/mol. The van der Waals surface area contributed by atoms with Gasteiger partial charge in [-0.25, -0.2) is 0 Å². The molecule has 3 aromatic carbocycles. The standard InChI is InChI=1S/C21H17N/c1-12-7-8-13-14-5-4-6-16-18(14)19-17(21(16,2)3)9-10-22-20(19)15(13)11-12/h4-11H,1-3H3. The van der Waals surface area contributed by atoms with Gasteiger partial charge in [-0.15, -0.1) is 0 Å². The van der Waals surface area contributed by atoms with E-state index >= 15 is 0 Å². The number of aryl methyl sites for hydroxylation is 1. The van der Waals surface area contributed by atoms with Gasteiger partial charge in [-0.1, -0.05) is 49.7 Å². The molecule has 0 radical (unpaired) electrons. The van der Waals surface area contributed by atoms with Crippen molar-refractivity contribution in [1.29, 1.82) is 0 Å². The van der Waals surface area contributed by atoms with E-state index in [-0.39, 0.29) is 5.41 Å². The Morgan fingerprint density at radius 1 is 0.818 bits per heavy atom. The Morgan fingerprint density at radius 2 is 1.64 bits per heavy atom. The van der Waals surface area contributed by atoms with Gasteiger partial charge in [-0.3, -0.25) is 4.98 Å². The quantitative estimate of drug-likeness (QED) is 0.389. The maximum absolute atomic E-state index is 4.76. The molecule has 1 aliphatic rings. The van der Waals surface area contributed by atoms with Crippen LogP contribution in [0.15, 0.2) is 48.7 Å². The minimum atomic E-state index is 0.0510. The lowest BCUT2D eigenvalue weighted by atomic mass is 9.82. The molecule has 0 fully saturated rings. The van der Waals surface area contributed by atoms with Crippen LogP contribution in [-0.4, -0.2) is 4.98 Å². The number of hydrogen-bond donors (Lipinski definition) is 0. The fraction of sp³-hybridized carbons (Fsp3) is 0.190. The van der Waals surface area contributed by atoms with Crippen LogP contribution >= 0.6 is 0 Å². The van der Waals surface area contributed by atoms with Gasteiger partial charge in [0.1, 0.15) is 0 Å². The van der Waals surface area contributed by atoms with Crippen LogP contribution < -0.4 is 0 Å². The first-order chi connectivity index (χ1) is 10.6. The highest BCUT2D eigenvalue weighted by molar-refractivity contribution is 6.27. The van der Waals surface area contributed by atoms with Crippen molar-refractivity contribution in [2.24, 2.45) is 0 Å². The van der Waals surface area contributed by atoms with Crippen LogP contribution in [0, 0.1) is 6.92 Å². The molecule has 5 rings (SSSR count). The van der Waals surface area contributed by atoms with Crippen LogP contribution in [0.3, 0.4) is 0 Å². The molecule has 0 N–H and O–H groups in total. The summed E-state index contributed by atoms with van der Waals surface area (Å²) >= 11 is 0. The molecular formula is C21H17N. The Morgan fingerprint density at radius 3 is 2.50 bits per heavy atom. The van der Waals surface area contributed by atoms with Crippen molar-refractivity contribution in [3.8, 4) is 0 Å². The van der Waals surface area contributed by atoms with Crippen LogP contribution in [0.25, 0.3) is 32.4 Å². The molecule has 0 saturated heterocycles. The van der Waals surface area contributed by atoms with E-state index in [1.54, 1.807) is 0 Å². The maximum atomic E-state index is 4.76. The molecule has 1 heterocycles. The summed E-state index contributed by atoms with van der Waals surface area (Å²) in [5.41, 5.74) is 5.33. The van der Waals surface area contributed by atoms with E-state index in [0.29, 0.717) is 0 Å². The third-order valence-electron chi connectivity index (χ3n) is 5.33. The molecule has 4 aromatic rings. The molecule has 0 spiro atoms. The van der Waals surface area contributed by atoms with Crippen molar-refractivity contribution in [3.05, 3.63) is 65.4 Å². The van der Waals surface area contributed by atoms with Gasteiger partial charge in [0, 0.05) is 22.4 Å². The van der Waals surface area contributed by atoms with Gasteiger partial charge in [0.05, 0.1) is 5.52 Å². The first-order valence-corrected chi connectivity index (χ1v) is 7.84. The summed E-state index contributed by atoms with van der Waals surface area (Å²) in [5, 5.41) is 6.72. The molecule has 106 valence electrons. The van der Waals surface area contributed by atoms with Crippen molar-refractivity contribution in [1.82, 2.24) is 4.98 Å². The summed E-state index contributed by atoms with van der Waals surface area (Å²) in [6.45, 7) is 6.80. The molecule has 0 amide bonds. The zero-order valence-corrected chi connectivity index (χ0v) is 13.1. The summed E-state index contributed by atoms with van der Waals surface area (Å²) in [4.78, 5) is 4.76. The van der Waals surface area contributed by atoms with Crippen LogP contribution in [0.2, 0.25) is 0 Å². The number of hydrogen-bond acceptors (Lipinski definition) is 1. The first kappa shape index (κ1) is 12.2. The second kappa shape index (κ2) is 3.67. The molecule has 1 heteroatoms. The Kier molecular flexibility index (Phi) is 2.03. The van der Waals surface area contributed by atoms with Gasteiger partial charge >= 0.3 is 0 Å². The van der Waals surface area contributed by atoms with Crippen molar-refractivity contribution in [3.63, 3.8) is 0 Å². The van der Waals surface area contributed by atoms with Crippen molar-refractivity contribution in [2.75, 3.05) is 0 Å². The van der Waals surface area contributed by atoms with Crippen molar-refractivity contribution >= 4 is 32.4 Å². The monoisotopic (exact) mass is 283 g/mol. The van der Waals surface area contributed by atoms with Gasteiger partial charge in [0.2, 0.25) is 0 Å². The lowest BCUT2D eigenvalue weighted by Crippen LogP contribution is -2.15. The fourth-order valence-electron chi connectivity index (χ4n) is 4.24. The Labute approximate surface area is 129 Å². The van der Waals surface area contributed by atoms with Crippen LogP contribution in [0.5, 0.6) is 0 Å². The number of nitrogens with zero attached hydrogens (tertiary/aromatic N) is 1. The second-order valence-electron chi connectivity index (χ2n) is 6.98. The third-order valence-corrected chi connectivity index (χ3v) is 5.33. The number of rotatable bonds is 0. The zero-order valence-electron chi connectivity index (χ0n) is 13.1. The number of fused-ring (bicyclic) bond motifs is 3. The maximum Gasteiger partial charge on any atom is 0.0790 e. The zero-order chi connectivity index (χ0) is 15.1. The van der Waals surface area contributed by atoms with Gasteiger partial charge in [0.15, 0.2) is 0 Å². The van der Waals surface area contributed by atoms with E-state index in [9.17, 15) is 0 Å². The number of aromatic nitrogens is 1. The molecule has 1 nitrogen and oxygen atoms in total. The Hall–Kier alpha value is -2.41. The summed E-state index contributed by atoms with van der Waals surface area (Å²) in [6.07, 6.45) is 1.97. The summed E-state index contributed by atoms with van der Waals surface area (Å²) in [6, 6.07) is 15.7. The average Bonchev–Trinajstić information content (AvgIpc) is 2.76. The molecule has 1 aromatic heterocycles. The molecule has 0 aliphatic heterocycles. The smallest absolute Gasteiger partial charge is 0.0790 e. The van der Waals surface area contributed by atoms with E-state index in [0.717, 1.165) is 5.52 Å². The second-order valence-corrected chi connectivity index (χ2v) is 6.98. The largest absolute Gasteiger partial charge is 0.256 e. The lowest BCUT2D eigenvalue weighted by molar-refractivity contribution is 0.662. The highest BCUT2D eigenvalue weighted by Crippen LogP contribution is 2.50. The van der Waals surface area contributed by atoms with E-state index in [1.807, 2.05) is 6.20 Å². The van der Waals surface area contributed by atoms with Gasteiger partial charge < -0.3 is 0 Å². The predicted octanol–water partition coefficient (Wildman–Crippen LogP) is 5.49. The molecule has 0 unspecified atom stereocenters. The minimum absolute atomic E-state index is 0.0510. The van der Waals surface area contributed by atoms with Crippen LogP contribution in [0.1, 0.15) is 30.5 Å². The Bertz CT molecular complexity index is 1100. The van der Waals surface area contributed by atoms with E-state index in [1.165, 1.54) is 43.6 Å². The minimum Gasteiger partial charge on any atom is -0.256 e. The SMILES string of the molecule is Cc1ccc2c(c1)c1nccc3c1c1c(cccc21)C3(C)C. The molecule has 0 saturated carbocycles. The van der Waals surface area contributed by atoms with Crippen LogP contribution in [0.4, 0.5) is 0 Å². The molecule has 22 heavy (non-hydrogen) atoms. The van der Waals surface area contributed by atoms with Gasteiger partial charge in [-0.05, 0) is 46.3 Å². The first-order valence-electron chi connectivity index (χ1n) is 7.84. The summed E-state index contributed by atoms with van der Waals surface area (Å²) in [5.74, 6) is 0. The highest BCUT2D eigenvalue weighted by Gasteiger charge is 2.34. The molecular weight excluding hydrogens is 266 g/mol. The lowest BCUT2D eigenvalue weighted by Gasteiger charge is -2.21. The van der Waals surface area contributed by atoms with Gasteiger partial charge in [-0.2, -0.15) is 0 Å². The number of benzene rings is 3. The molecule has 0 atom stereocenters. The fourth-order valence-corrected chi connectivity index (χ4v) is 4.24. The topological polar surface area (TPSA) is 12.9 Å². The van der Waals surface area contributed by atoms with E-state index < -0.39 is 0 Å². The molecule has 1 aliphatic carbocycles.